The van der Waals surface area contributed by atoms with E-state index in [2.05, 4.69) is 0 Å². The van der Waals surface area contributed by atoms with E-state index in [-0.39, 0.29) is 29.3 Å². The third-order valence-corrected chi connectivity index (χ3v) is 6.92. The topological polar surface area (TPSA) is 63.4 Å². The minimum atomic E-state index is -4.70. The molecule has 1 saturated heterocycles. The Morgan fingerprint density at radius 3 is 2.52 bits per heavy atom. The predicted molar refractivity (Wildman–Crippen MR) is 79.4 cm³/mol. The Labute approximate surface area is 137 Å². The monoisotopic (exact) mass is 368 g/mol. The van der Waals surface area contributed by atoms with Gasteiger partial charge in [-0.1, -0.05) is 11.6 Å². The number of nitrogens with two attached hydrogens (primary N) is 1. The third-order valence-electron chi connectivity index (χ3n) is 4.76. The van der Waals surface area contributed by atoms with Gasteiger partial charge in [-0.3, -0.25) is 0 Å². The summed E-state index contributed by atoms with van der Waals surface area (Å²) in [6.45, 7) is 0.572. The van der Waals surface area contributed by atoms with Crippen LogP contribution in [-0.2, 0) is 16.2 Å². The molecule has 1 saturated carbocycles. The normalized spacial score (nSPS) is 29.0. The maximum Gasteiger partial charge on any atom is 0.417 e. The summed E-state index contributed by atoms with van der Waals surface area (Å²) in [6.07, 6.45) is -2.98. The molecule has 2 aliphatic rings. The maximum atomic E-state index is 12.9. The van der Waals surface area contributed by atoms with Crippen molar-refractivity contribution in [1.82, 2.24) is 4.31 Å². The summed E-state index contributed by atoms with van der Waals surface area (Å²) < 4.78 is 65.3. The van der Waals surface area contributed by atoms with Crippen molar-refractivity contribution in [2.45, 2.75) is 30.0 Å². The van der Waals surface area contributed by atoms with Crippen molar-refractivity contribution in [3.8, 4) is 0 Å². The Hall–Kier alpha value is -0.830. The smallest absolute Gasteiger partial charge is 0.327 e. The molecule has 2 fully saturated rings. The number of alkyl halides is 3. The third kappa shape index (κ3) is 2.97. The Morgan fingerprint density at radius 2 is 1.91 bits per heavy atom. The first-order valence-corrected chi connectivity index (χ1v) is 9.05. The van der Waals surface area contributed by atoms with Gasteiger partial charge in [0.15, 0.2) is 0 Å². The van der Waals surface area contributed by atoms with Crippen LogP contribution in [0.5, 0.6) is 0 Å². The van der Waals surface area contributed by atoms with Gasteiger partial charge in [-0.05, 0) is 42.9 Å². The fourth-order valence-electron chi connectivity index (χ4n) is 3.49. The van der Waals surface area contributed by atoms with Gasteiger partial charge in [-0.2, -0.15) is 17.5 Å². The first-order chi connectivity index (χ1) is 10.6. The molecule has 1 heterocycles. The van der Waals surface area contributed by atoms with Crippen LogP contribution in [0.15, 0.2) is 23.1 Å². The van der Waals surface area contributed by atoms with Gasteiger partial charge >= 0.3 is 6.18 Å². The van der Waals surface area contributed by atoms with E-state index in [1.54, 1.807) is 0 Å². The average Bonchev–Trinajstić information content (AvgIpc) is 3.01. The second-order valence-corrected chi connectivity index (χ2v) is 8.47. The van der Waals surface area contributed by atoms with Crippen molar-refractivity contribution in [2.24, 2.45) is 17.6 Å². The first kappa shape index (κ1) is 17.0. The molecule has 4 nitrogen and oxygen atoms in total. The van der Waals surface area contributed by atoms with Gasteiger partial charge in [0.05, 0.1) is 15.5 Å². The Balaban J connectivity index is 1.92. The fraction of sp³-hybridized carbons (Fsp3) is 0.571. The SMILES string of the molecule is NC1CCC2CN(S(=O)(=O)c3ccc(Cl)c(C(F)(F)F)c3)CC12. The number of rotatable bonds is 2. The summed E-state index contributed by atoms with van der Waals surface area (Å²) in [7, 11) is -3.98. The summed E-state index contributed by atoms with van der Waals surface area (Å²) in [6, 6.07) is 2.64. The van der Waals surface area contributed by atoms with Gasteiger partial charge < -0.3 is 5.73 Å². The van der Waals surface area contributed by atoms with Crippen molar-refractivity contribution in [2.75, 3.05) is 13.1 Å². The molecule has 3 rings (SSSR count). The summed E-state index contributed by atoms with van der Waals surface area (Å²) in [5.41, 5.74) is 4.84. The van der Waals surface area contributed by atoms with E-state index in [1.807, 2.05) is 0 Å². The molecule has 0 amide bonds. The zero-order chi connectivity index (χ0) is 17.0. The Kier molecular flexibility index (Phi) is 4.15. The van der Waals surface area contributed by atoms with Crippen LogP contribution < -0.4 is 5.73 Å². The van der Waals surface area contributed by atoms with Crippen LogP contribution in [0.1, 0.15) is 18.4 Å². The molecular formula is C14H16ClF3N2O2S. The number of hydrogen-bond donors (Lipinski definition) is 1. The van der Waals surface area contributed by atoms with E-state index in [9.17, 15) is 21.6 Å². The second-order valence-electron chi connectivity index (χ2n) is 6.13. The van der Waals surface area contributed by atoms with Gasteiger partial charge in [0.2, 0.25) is 10.0 Å². The van der Waals surface area contributed by atoms with Gasteiger partial charge in [-0.25, -0.2) is 8.42 Å². The van der Waals surface area contributed by atoms with E-state index >= 15 is 0 Å². The van der Waals surface area contributed by atoms with Crippen LogP contribution in [0.3, 0.4) is 0 Å². The van der Waals surface area contributed by atoms with Crippen LogP contribution in [0.25, 0.3) is 0 Å². The quantitative estimate of drug-likeness (QED) is 0.873. The highest BCUT2D eigenvalue weighted by Crippen LogP contribution is 2.40. The lowest BCUT2D eigenvalue weighted by atomic mass is 9.98. The first-order valence-electron chi connectivity index (χ1n) is 7.23. The zero-order valence-corrected chi connectivity index (χ0v) is 13.6. The lowest BCUT2D eigenvalue weighted by Gasteiger charge is -2.19. The molecule has 1 aliphatic carbocycles. The van der Waals surface area contributed by atoms with Crippen LogP contribution in [0, 0.1) is 11.8 Å². The molecule has 0 radical (unpaired) electrons. The molecule has 3 unspecified atom stereocenters. The molecule has 0 bridgehead atoms. The molecule has 0 aromatic heterocycles. The van der Waals surface area contributed by atoms with Crippen molar-refractivity contribution in [3.05, 3.63) is 28.8 Å². The predicted octanol–water partition coefficient (Wildman–Crippen LogP) is 2.72. The van der Waals surface area contributed by atoms with Crippen molar-refractivity contribution in [3.63, 3.8) is 0 Å². The number of fused-ring (bicyclic) bond motifs is 1. The van der Waals surface area contributed by atoms with Crippen LogP contribution in [0.4, 0.5) is 13.2 Å². The Bertz CT molecular complexity index is 723. The lowest BCUT2D eigenvalue weighted by molar-refractivity contribution is -0.137. The van der Waals surface area contributed by atoms with Crippen molar-refractivity contribution >= 4 is 21.6 Å². The fourth-order valence-corrected chi connectivity index (χ4v) is 5.28. The van der Waals surface area contributed by atoms with E-state index in [4.69, 9.17) is 17.3 Å². The number of sulfonamides is 1. The summed E-state index contributed by atoms with van der Waals surface area (Å²) in [5.74, 6) is 0.272. The molecule has 1 aromatic rings. The molecule has 0 spiro atoms. The van der Waals surface area contributed by atoms with Gasteiger partial charge in [-0.15, -0.1) is 0 Å². The van der Waals surface area contributed by atoms with E-state index in [0.717, 1.165) is 25.0 Å². The molecule has 9 heteroatoms. The zero-order valence-electron chi connectivity index (χ0n) is 12.1. The molecule has 1 aromatic carbocycles. The number of nitrogens with zero attached hydrogens (tertiary/aromatic N) is 1. The standard InChI is InChI=1S/C14H16ClF3N2O2S/c15-12-3-2-9(5-11(12)14(16,17)18)23(21,22)20-6-8-1-4-13(19)10(8)7-20/h2-3,5,8,10,13H,1,4,6-7,19H2. The number of benzene rings is 1. The van der Waals surface area contributed by atoms with Crippen LogP contribution in [0.2, 0.25) is 5.02 Å². The highest BCUT2D eigenvalue weighted by atomic mass is 35.5. The largest absolute Gasteiger partial charge is 0.417 e. The van der Waals surface area contributed by atoms with Gasteiger partial charge in [0.1, 0.15) is 0 Å². The average molecular weight is 369 g/mol. The van der Waals surface area contributed by atoms with E-state index in [1.165, 1.54) is 4.31 Å². The second kappa shape index (κ2) is 5.61. The molecule has 128 valence electrons. The summed E-state index contributed by atoms with van der Waals surface area (Å²) >= 11 is 5.54. The molecule has 1 aliphatic heterocycles. The van der Waals surface area contributed by atoms with Gasteiger partial charge in [0.25, 0.3) is 0 Å². The van der Waals surface area contributed by atoms with Crippen molar-refractivity contribution in [1.29, 1.82) is 0 Å². The van der Waals surface area contributed by atoms with E-state index < -0.39 is 26.8 Å². The minimum Gasteiger partial charge on any atom is -0.327 e. The summed E-state index contributed by atoms with van der Waals surface area (Å²) in [5, 5.41) is -0.517. The maximum absolute atomic E-state index is 12.9. The molecule has 23 heavy (non-hydrogen) atoms. The number of hydrogen-bond acceptors (Lipinski definition) is 3. The van der Waals surface area contributed by atoms with Crippen LogP contribution in [-0.4, -0.2) is 31.9 Å². The molecule has 3 atom stereocenters. The molecular weight excluding hydrogens is 353 g/mol. The van der Waals surface area contributed by atoms with E-state index in [0.29, 0.717) is 12.6 Å². The highest BCUT2D eigenvalue weighted by molar-refractivity contribution is 7.89. The Morgan fingerprint density at radius 1 is 1.22 bits per heavy atom. The lowest BCUT2D eigenvalue weighted by Crippen LogP contribution is -2.33. The van der Waals surface area contributed by atoms with Crippen molar-refractivity contribution < 1.29 is 21.6 Å². The van der Waals surface area contributed by atoms with Gasteiger partial charge in [0, 0.05) is 19.1 Å². The minimum absolute atomic E-state index is 0.0452. The summed E-state index contributed by atoms with van der Waals surface area (Å²) in [4.78, 5) is -0.386. The van der Waals surface area contributed by atoms with Crippen LogP contribution >= 0.6 is 11.6 Å². The number of halogens is 4. The molecule has 2 N–H and O–H groups in total. The highest BCUT2D eigenvalue weighted by Gasteiger charge is 2.45.